The Kier molecular flexibility index (Phi) is 4.43. The van der Waals surface area contributed by atoms with E-state index in [1.165, 1.54) is 24.5 Å². The van der Waals surface area contributed by atoms with Gasteiger partial charge in [0.1, 0.15) is 10.8 Å². The molecule has 0 radical (unpaired) electrons. The van der Waals surface area contributed by atoms with Crippen LogP contribution in [0.2, 0.25) is 10.2 Å². The zero-order chi connectivity index (χ0) is 15.6. The first kappa shape index (κ1) is 15.6. The topological polar surface area (TPSA) is 115 Å². The van der Waals surface area contributed by atoms with Crippen LogP contribution >= 0.6 is 23.2 Å². The molecule has 1 amide bonds. The summed E-state index contributed by atoms with van der Waals surface area (Å²) in [7, 11) is -3.91. The van der Waals surface area contributed by atoms with Gasteiger partial charge in [0.05, 0.1) is 28.0 Å². The summed E-state index contributed by atoms with van der Waals surface area (Å²) in [5.74, 6) is -0.640. The summed E-state index contributed by atoms with van der Waals surface area (Å²) in [5, 5.41) is 7.62. The Morgan fingerprint density at radius 3 is 2.57 bits per heavy atom. The highest BCUT2D eigenvalue weighted by Crippen LogP contribution is 2.25. The van der Waals surface area contributed by atoms with Gasteiger partial charge in [0, 0.05) is 0 Å². The lowest BCUT2D eigenvalue weighted by atomic mass is 10.3. The average Bonchev–Trinajstić information content (AvgIpc) is 2.40. The van der Waals surface area contributed by atoms with Crippen molar-refractivity contribution < 1.29 is 13.2 Å². The molecule has 7 nitrogen and oxygen atoms in total. The largest absolute Gasteiger partial charge is 0.319 e. The molecular weight excluding hydrogens is 339 g/mol. The highest BCUT2D eigenvalue weighted by atomic mass is 35.5. The fourth-order valence-corrected chi connectivity index (χ4v) is 2.27. The van der Waals surface area contributed by atoms with Gasteiger partial charge in [-0.3, -0.25) is 9.78 Å². The van der Waals surface area contributed by atoms with Gasteiger partial charge in [-0.25, -0.2) is 18.5 Å². The molecule has 3 N–H and O–H groups in total. The number of anilines is 1. The third-order valence-corrected chi connectivity index (χ3v) is 3.78. The summed E-state index contributed by atoms with van der Waals surface area (Å²) in [6, 6.07) is 3.68. The molecule has 0 spiro atoms. The van der Waals surface area contributed by atoms with Gasteiger partial charge < -0.3 is 5.32 Å². The van der Waals surface area contributed by atoms with Gasteiger partial charge in [-0.05, 0) is 18.2 Å². The van der Waals surface area contributed by atoms with Crippen molar-refractivity contribution >= 4 is 44.8 Å². The van der Waals surface area contributed by atoms with E-state index in [-0.39, 0.29) is 26.5 Å². The number of rotatable bonds is 3. The highest BCUT2D eigenvalue weighted by molar-refractivity contribution is 7.89. The second-order valence-corrected chi connectivity index (χ2v) is 6.22. The van der Waals surface area contributed by atoms with Gasteiger partial charge in [0.2, 0.25) is 10.0 Å². The Labute approximate surface area is 130 Å². The second-order valence-electron chi connectivity index (χ2n) is 3.87. The van der Waals surface area contributed by atoms with Crippen molar-refractivity contribution in [3.8, 4) is 0 Å². The standard InChI is InChI=1S/C11H8Cl2N4O3S/c12-7-2-1-6(21(14,19)20)3-8(7)17-11(18)9-4-15-5-10(13)16-9/h1-5H,(H,17,18)(H2,14,19,20). The molecule has 2 rings (SSSR count). The fraction of sp³-hybridized carbons (Fsp3) is 0. The Morgan fingerprint density at radius 1 is 1.24 bits per heavy atom. The van der Waals surface area contributed by atoms with E-state index in [1.54, 1.807) is 0 Å². The van der Waals surface area contributed by atoms with E-state index in [0.717, 1.165) is 6.07 Å². The molecule has 0 aliphatic carbocycles. The predicted molar refractivity (Wildman–Crippen MR) is 77.8 cm³/mol. The molecule has 0 aliphatic heterocycles. The van der Waals surface area contributed by atoms with Crippen LogP contribution < -0.4 is 10.5 Å². The van der Waals surface area contributed by atoms with E-state index in [4.69, 9.17) is 28.3 Å². The van der Waals surface area contributed by atoms with Crippen LogP contribution in [-0.2, 0) is 10.0 Å². The zero-order valence-corrected chi connectivity index (χ0v) is 12.6. The zero-order valence-electron chi connectivity index (χ0n) is 10.2. The summed E-state index contributed by atoms with van der Waals surface area (Å²) >= 11 is 11.5. The summed E-state index contributed by atoms with van der Waals surface area (Å²) in [4.78, 5) is 19.3. The van der Waals surface area contributed by atoms with Gasteiger partial charge >= 0.3 is 0 Å². The lowest BCUT2D eigenvalue weighted by Crippen LogP contribution is -2.16. The molecule has 0 fully saturated rings. The van der Waals surface area contributed by atoms with Crippen molar-refractivity contribution in [1.82, 2.24) is 9.97 Å². The summed E-state index contributed by atoms with van der Waals surface area (Å²) in [5.41, 5.74) is 0.0366. The maximum absolute atomic E-state index is 12.0. The minimum absolute atomic E-state index is 0.0421. The molecule has 0 saturated heterocycles. The molecule has 0 saturated carbocycles. The SMILES string of the molecule is NS(=O)(=O)c1ccc(Cl)c(NC(=O)c2cncc(Cl)n2)c1. The number of nitrogens with one attached hydrogen (secondary N) is 1. The predicted octanol–water partition coefficient (Wildman–Crippen LogP) is 1.68. The van der Waals surface area contributed by atoms with E-state index < -0.39 is 15.9 Å². The minimum Gasteiger partial charge on any atom is -0.319 e. The van der Waals surface area contributed by atoms with E-state index in [9.17, 15) is 13.2 Å². The van der Waals surface area contributed by atoms with Crippen LogP contribution in [0.15, 0.2) is 35.5 Å². The number of hydrogen-bond acceptors (Lipinski definition) is 5. The minimum atomic E-state index is -3.91. The van der Waals surface area contributed by atoms with Crippen molar-refractivity contribution in [2.75, 3.05) is 5.32 Å². The first-order valence-corrected chi connectivity index (χ1v) is 7.69. The quantitative estimate of drug-likeness (QED) is 0.877. The number of hydrogen-bond donors (Lipinski definition) is 2. The van der Waals surface area contributed by atoms with E-state index in [1.807, 2.05) is 0 Å². The molecule has 1 heterocycles. The lowest BCUT2D eigenvalue weighted by Gasteiger charge is -2.08. The van der Waals surface area contributed by atoms with Gasteiger partial charge in [0.25, 0.3) is 5.91 Å². The maximum Gasteiger partial charge on any atom is 0.275 e. The van der Waals surface area contributed by atoms with E-state index in [2.05, 4.69) is 15.3 Å². The third kappa shape index (κ3) is 3.88. The molecule has 0 aliphatic rings. The van der Waals surface area contributed by atoms with Crippen LogP contribution in [0.4, 0.5) is 5.69 Å². The van der Waals surface area contributed by atoms with Crippen molar-refractivity contribution in [2.45, 2.75) is 4.90 Å². The van der Waals surface area contributed by atoms with Crippen molar-refractivity contribution in [2.24, 2.45) is 5.14 Å². The number of benzene rings is 1. The van der Waals surface area contributed by atoms with Crippen LogP contribution in [0.25, 0.3) is 0 Å². The number of nitrogens with zero attached hydrogens (tertiary/aromatic N) is 2. The van der Waals surface area contributed by atoms with Crippen LogP contribution in [0, 0.1) is 0 Å². The second kappa shape index (κ2) is 5.94. The lowest BCUT2D eigenvalue weighted by molar-refractivity contribution is 0.102. The molecule has 2 aromatic rings. The Morgan fingerprint density at radius 2 is 1.95 bits per heavy atom. The first-order valence-electron chi connectivity index (χ1n) is 5.38. The summed E-state index contributed by atoms with van der Waals surface area (Å²) < 4.78 is 22.6. The van der Waals surface area contributed by atoms with Crippen LogP contribution in [0.1, 0.15) is 10.5 Å². The molecule has 0 atom stereocenters. The van der Waals surface area contributed by atoms with Gasteiger partial charge in [-0.2, -0.15) is 0 Å². The van der Waals surface area contributed by atoms with Crippen molar-refractivity contribution in [1.29, 1.82) is 0 Å². The number of halogens is 2. The summed E-state index contributed by atoms with van der Waals surface area (Å²) in [6.07, 6.45) is 2.48. The molecule has 0 unspecified atom stereocenters. The first-order chi connectivity index (χ1) is 9.77. The number of primary sulfonamides is 1. The number of carbonyl (C=O) groups is 1. The molecule has 0 bridgehead atoms. The van der Waals surface area contributed by atoms with Crippen molar-refractivity contribution in [3.05, 3.63) is 46.5 Å². The number of amides is 1. The Hall–Kier alpha value is -1.74. The Bertz CT molecular complexity index is 811. The van der Waals surface area contributed by atoms with Gasteiger partial charge in [0.15, 0.2) is 0 Å². The molecule has 1 aromatic heterocycles. The fourth-order valence-electron chi connectivity index (χ4n) is 1.42. The van der Waals surface area contributed by atoms with Crippen LogP contribution in [0.3, 0.4) is 0 Å². The van der Waals surface area contributed by atoms with E-state index >= 15 is 0 Å². The number of carbonyl (C=O) groups excluding carboxylic acids is 1. The van der Waals surface area contributed by atoms with Crippen LogP contribution in [0.5, 0.6) is 0 Å². The molecule has 21 heavy (non-hydrogen) atoms. The van der Waals surface area contributed by atoms with Gasteiger partial charge in [-0.1, -0.05) is 23.2 Å². The highest BCUT2D eigenvalue weighted by Gasteiger charge is 2.14. The average molecular weight is 347 g/mol. The smallest absolute Gasteiger partial charge is 0.275 e. The van der Waals surface area contributed by atoms with Crippen molar-refractivity contribution in [3.63, 3.8) is 0 Å². The molecular formula is C11H8Cl2N4O3S. The Balaban J connectivity index is 2.33. The maximum atomic E-state index is 12.0. The third-order valence-electron chi connectivity index (χ3n) is 2.35. The number of sulfonamides is 1. The van der Waals surface area contributed by atoms with Crippen LogP contribution in [-0.4, -0.2) is 24.3 Å². The van der Waals surface area contributed by atoms with Gasteiger partial charge in [-0.15, -0.1) is 0 Å². The normalized spacial score (nSPS) is 11.2. The summed E-state index contributed by atoms with van der Waals surface area (Å²) in [6.45, 7) is 0. The van der Waals surface area contributed by atoms with E-state index in [0.29, 0.717) is 0 Å². The number of nitrogens with two attached hydrogens (primary N) is 1. The molecule has 1 aromatic carbocycles. The molecule has 110 valence electrons. The molecule has 10 heteroatoms. The number of aromatic nitrogens is 2. The monoisotopic (exact) mass is 346 g/mol.